The zero-order valence-electron chi connectivity index (χ0n) is 19.5. The third-order valence-electron chi connectivity index (χ3n) is 5.49. The van der Waals surface area contributed by atoms with Gasteiger partial charge in [0.15, 0.2) is 5.96 Å². The lowest BCUT2D eigenvalue weighted by atomic mass is 9.93. The number of guanidine groups is 1. The van der Waals surface area contributed by atoms with Crippen LogP contribution in [-0.4, -0.2) is 55.5 Å². The molecule has 1 aromatic carbocycles. The molecule has 1 amide bonds. The molecular formula is C24H34IN5O3. The first-order valence-corrected chi connectivity index (χ1v) is 11.1. The Morgan fingerprint density at radius 2 is 1.88 bits per heavy atom. The highest BCUT2D eigenvalue weighted by atomic mass is 127. The predicted octanol–water partition coefficient (Wildman–Crippen LogP) is 3.81. The van der Waals surface area contributed by atoms with Crippen molar-refractivity contribution in [2.45, 2.75) is 32.7 Å². The van der Waals surface area contributed by atoms with Crippen LogP contribution in [0.15, 0.2) is 47.6 Å². The minimum atomic E-state index is 0. The molecule has 1 aliphatic rings. The van der Waals surface area contributed by atoms with Gasteiger partial charge in [-0.1, -0.05) is 0 Å². The topological polar surface area (TPSA) is 88.1 Å². The Labute approximate surface area is 213 Å². The number of benzene rings is 1. The first-order chi connectivity index (χ1) is 15.6. The van der Waals surface area contributed by atoms with Gasteiger partial charge in [0, 0.05) is 52.4 Å². The highest BCUT2D eigenvalue weighted by molar-refractivity contribution is 14.0. The molecule has 33 heavy (non-hydrogen) atoms. The van der Waals surface area contributed by atoms with Crippen molar-refractivity contribution in [2.75, 3.05) is 33.8 Å². The van der Waals surface area contributed by atoms with Gasteiger partial charge in [-0.3, -0.25) is 9.79 Å². The molecule has 0 bridgehead atoms. The lowest BCUT2D eigenvalue weighted by Crippen LogP contribution is -2.45. The van der Waals surface area contributed by atoms with Crippen LogP contribution in [-0.2, 0) is 11.3 Å². The number of carbonyl (C=O) groups excluding carboxylic acids is 1. The van der Waals surface area contributed by atoms with E-state index < -0.39 is 0 Å². The third-order valence-corrected chi connectivity index (χ3v) is 5.49. The lowest BCUT2D eigenvalue weighted by molar-refractivity contribution is -0.121. The molecule has 1 fully saturated rings. The van der Waals surface area contributed by atoms with Gasteiger partial charge in [0.25, 0.3) is 0 Å². The van der Waals surface area contributed by atoms with Crippen molar-refractivity contribution >= 4 is 35.8 Å². The Morgan fingerprint density at radius 1 is 1.18 bits per heavy atom. The molecule has 1 aromatic heterocycles. The van der Waals surface area contributed by atoms with Crippen LogP contribution in [0.1, 0.15) is 31.7 Å². The average molecular weight is 567 g/mol. The molecule has 0 saturated carbocycles. The zero-order chi connectivity index (χ0) is 22.8. The van der Waals surface area contributed by atoms with E-state index >= 15 is 0 Å². The Hall–Kier alpha value is -2.56. The number of aliphatic imine (C=N–C) groups is 1. The standard InChI is InChI=1S/C24H33N5O3.HI/c1-4-31-20-5-7-21(8-6-20)32-23-16-19(9-12-27-23)17-28-24(26-3)29-13-10-18(11-14-29)15-22(30)25-2;/h5-9,12,16,18H,4,10-11,13-15,17H2,1-3H3,(H,25,30)(H,26,28);1H. The van der Waals surface area contributed by atoms with Crippen molar-refractivity contribution in [2.24, 2.45) is 10.9 Å². The fourth-order valence-corrected chi connectivity index (χ4v) is 3.73. The quantitative estimate of drug-likeness (QED) is 0.287. The van der Waals surface area contributed by atoms with Gasteiger partial charge in [-0.05, 0) is 61.6 Å². The first-order valence-electron chi connectivity index (χ1n) is 11.1. The Balaban J connectivity index is 0.00000385. The number of nitrogens with zero attached hydrogens (tertiary/aromatic N) is 3. The number of likely N-dealkylation sites (tertiary alicyclic amines) is 1. The summed E-state index contributed by atoms with van der Waals surface area (Å²) in [6.45, 7) is 4.99. The summed E-state index contributed by atoms with van der Waals surface area (Å²) >= 11 is 0. The van der Waals surface area contributed by atoms with E-state index in [1.54, 1.807) is 20.3 Å². The summed E-state index contributed by atoms with van der Waals surface area (Å²) in [5.74, 6) is 3.49. The van der Waals surface area contributed by atoms with E-state index in [0.29, 0.717) is 37.1 Å². The normalized spacial score (nSPS) is 14.3. The summed E-state index contributed by atoms with van der Waals surface area (Å²) in [6.07, 6.45) is 4.32. The summed E-state index contributed by atoms with van der Waals surface area (Å²) in [6, 6.07) is 11.4. The first kappa shape index (κ1) is 26.7. The summed E-state index contributed by atoms with van der Waals surface area (Å²) in [4.78, 5) is 22.6. The highest BCUT2D eigenvalue weighted by Crippen LogP contribution is 2.23. The van der Waals surface area contributed by atoms with Crippen LogP contribution in [0.25, 0.3) is 0 Å². The number of carbonyl (C=O) groups is 1. The molecule has 2 heterocycles. The smallest absolute Gasteiger partial charge is 0.220 e. The molecule has 3 rings (SSSR count). The fraction of sp³-hybridized carbons (Fsp3) is 0.458. The Bertz CT molecular complexity index is 899. The molecule has 0 spiro atoms. The minimum Gasteiger partial charge on any atom is -0.494 e. The van der Waals surface area contributed by atoms with Crippen molar-refractivity contribution in [3.8, 4) is 17.4 Å². The summed E-state index contributed by atoms with van der Waals surface area (Å²) in [5.41, 5.74) is 1.05. The van der Waals surface area contributed by atoms with Crippen molar-refractivity contribution in [1.82, 2.24) is 20.5 Å². The second kappa shape index (κ2) is 13.9. The number of pyridine rings is 1. The van der Waals surface area contributed by atoms with Crippen LogP contribution in [0.5, 0.6) is 17.4 Å². The Morgan fingerprint density at radius 3 is 2.52 bits per heavy atom. The molecular weight excluding hydrogens is 533 g/mol. The number of piperidine rings is 1. The maximum Gasteiger partial charge on any atom is 0.220 e. The maximum atomic E-state index is 11.6. The number of rotatable bonds is 8. The van der Waals surface area contributed by atoms with Gasteiger partial charge >= 0.3 is 0 Å². The summed E-state index contributed by atoms with van der Waals surface area (Å²) in [5, 5.41) is 6.15. The molecule has 0 radical (unpaired) electrons. The second-order valence-corrected chi connectivity index (χ2v) is 7.72. The van der Waals surface area contributed by atoms with Crippen molar-refractivity contribution in [3.63, 3.8) is 0 Å². The van der Waals surface area contributed by atoms with E-state index in [1.165, 1.54) is 0 Å². The molecule has 0 unspecified atom stereocenters. The maximum absolute atomic E-state index is 11.6. The number of amides is 1. The van der Waals surface area contributed by atoms with Crippen LogP contribution in [0, 0.1) is 5.92 Å². The molecule has 1 aliphatic heterocycles. The average Bonchev–Trinajstić information content (AvgIpc) is 2.82. The zero-order valence-corrected chi connectivity index (χ0v) is 21.9. The molecule has 8 nitrogen and oxygen atoms in total. The van der Waals surface area contributed by atoms with Crippen LogP contribution < -0.4 is 20.1 Å². The number of ether oxygens (including phenoxy) is 2. The van der Waals surface area contributed by atoms with E-state index in [0.717, 1.165) is 43.2 Å². The van der Waals surface area contributed by atoms with Crippen LogP contribution in [0.2, 0.25) is 0 Å². The Kier molecular flexibility index (Phi) is 11.2. The molecule has 0 atom stereocenters. The van der Waals surface area contributed by atoms with Crippen molar-refractivity contribution < 1.29 is 14.3 Å². The third kappa shape index (κ3) is 8.38. The second-order valence-electron chi connectivity index (χ2n) is 7.72. The van der Waals surface area contributed by atoms with Gasteiger partial charge in [-0.15, -0.1) is 24.0 Å². The van der Waals surface area contributed by atoms with E-state index in [4.69, 9.17) is 9.47 Å². The van der Waals surface area contributed by atoms with Crippen LogP contribution in [0.3, 0.4) is 0 Å². The monoisotopic (exact) mass is 567 g/mol. The number of nitrogens with one attached hydrogen (secondary N) is 2. The van der Waals surface area contributed by atoms with Gasteiger partial charge in [-0.25, -0.2) is 4.98 Å². The predicted molar refractivity (Wildman–Crippen MR) is 141 cm³/mol. The SMILES string of the molecule is CCOc1ccc(Oc2cc(CNC(=NC)N3CCC(CC(=O)NC)CC3)ccn2)cc1.I. The van der Waals surface area contributed by atoms with Gasteiger partial charge in [0.1, 0.15) is 11.5 Å². The number of aromatic nitrogens is 1. The number of hydrogen-bond donors (Lipinski definition) is 2. The highest BCUT2D eigenvalue weighted by Gasteiger charge is 2.23. The van der Waals surface area contributed by atoms with Gasteiger partial charge in [0.05, 0.1) is 6.61 Å². The largest absolute Gasteiger partial charge is 0.494 e. The van der Waals surface area contributed by atoms with Crippen LogP contribution in [0.4, 0.5) is 0 Å². The van der Waals surface area contributed by atoms with E-state index in [1.807, 2.05) is 43.3 Å². The summed E-state index contributed by atoms with van der Waals surface area (Å²) < 4.78 is 11.3. The van der Waals surface area contributed by atoms with Gasteiger partial charge in [-0.2, -0.15) is 0 Å². The van der Waals surface area contributed by atoms with E-state index in [2.05, 4.69) is 25.5 Å². The number of hydrogen-bond acceptors (Lipinski definition) is 5. The fourth-order valence-electron chi connectivity index (χ4n) is 3.73. The van der Waals surface area contributed by atoms with E-state index in [-0.39, 0.29) is 29.9 Å². The van der Waals surface area contributed by atoms with Gasteiger partial charge in [0.2, 0.25) is 11.8 Å². The van der Waals surface area contributed by atoms with Crippen molar-refractivity contribution in [1.29, 1.82) is 0 Å². The van der Waals surface area contributed by atoms with Gasteiger partial charge < -0.3 is 25.0 Å². The van der Waals surface area contributed by atoms with Crippen LogP contribution >= 0.6 is 24.0 Å². The van der Waals surface area contributed by atoms with E-state index in [9.17, 15) is 4.79 Å². The summed E-state index contributed by atoms with van der Waals surface area (Å²) in [7, 11) is 3.49. The molecule has 180 valence electrons. The van der Waals surface area contributed by atoms with Crippen molar-refractivity contribution in [3.05, 3.63) is 48.2 Å². The minimum absolute atomic E-state index is 0. The number of halogens is 1. The molecule has 9 heteroatoms. The lowest BCUT2D eigenvalue weighted by Gasteiger charge is -2.34. The molecule has 2 N–H and O–H groups in total. The molecule has 2 aromatic rings. The molecule has 1 saturated heterocycles. The molecule has 0 aliphatic carbocycles.